The summed E-state index contributed by atoms with van der Waals surface area (Å²) in [6.45, 7) is 5.77. The molecule has 0 heterocycles. The molecule has 0 bridgehead atoms. The molecule has 1 aromatic carbocycles. The summed E-state index contributed by atoms with van der Waals surface area (Å²) in [5, 5.41) is 0. The van der Waals surface area contributed by atoms with Crippen LogP contribution in [0.5, 0.6) is 0 Å². The van der Waals surface area contributed by atoms with Crippen LogP contribution in [0.1, 0.15) is 60.7 Å². The molecular formula is C15H20O2. The predicted octanol–water partition coefficient (Wildman–Crippen LogP) is 3.90. The topological polar surface area (TPSA) is 34.1 Å². The van der Waals surface area contributed by atoms with Crippen molar-refractivity contribution < 1.29 is 9.59 Å². The molecule has 17 heavy (non-hydrogen) atoms. The van der Waals surface area contributed by atoms with Crippen molar-refractivity contribution in [3.05, 3.63) is 35.4 Å². The van der Waals surface area contributed by atoms with Gasteiger partial charge in [0.15, 0.2) is 11.6 Å². The molecule has 1 rings (SSSR count). The molecule has 0 aliphatic rings. The van der Waals surface area contributed by atoms with E-state index in [0.717, 1.165) is 12.8 Å². The highest BCUT2D eigenvalue weighted by atomic mass is 16.1. The summed E-state index contributed by atoms with van der Waals surface area (Å²) in [7, 11) is 0. The highest BCUT2D eigenvalue weighted by Gasteiger charge is 2.17. The van der Waals surface area contributed by atoms with Crippen LogP contribution in [0.15, 0.2) is 24.3 Å². The van der Waals surface area contributed by atoms with Gasteiger partial charge in [-0.2, -0.15) is 0 Å². The lowest BCUT2D eigenvalue weighted by atomic mass is 9.93. The molecule has 2 nitrogen and oxygen atoms in total. The summed E-state index contributed by atoms with van der Waals surface area (Å²) >= 11 is 0. The fraction of sp³-hybridized carbons (Fsp3) is 0.467. The van der Waals surface area contributed by atoms with Gasteiger partial charge in [0, 0.05) is 23.5 Å². The zero-order valence-electron chi connectivity index (χ0n) is 10.8. The molecule has 0 aliphatic heterocycles. The van der Waals surface area contributed by atoms with Crippen molar-refractivity contribution in [3.8, 4) is 0 Å². The third kappa shape index (κ3) is 3.52. The maximum Gasteiger partial charge on any atom is 0.166 e. The van der Waals surface area contributed by atoms with Gasteiger partial charge < -0.3 is 0 Å². The van der Waals surface area contributed by atoms with Gasteiger partial charge in [-0.05, 0) is 6.42 Å². The van der Waals surface area contributed by atoms with Gasteiger partial charge in [0.25, 0.3) is 0 Å². The quantitative estimate of drug-likeness (QED) is 0.697. The van der Waals surface area contributed by atoms with Crippen LogP contribution in [0.2, 0.25) is 0 Å². The highest BCUT2D eigenvalue weighted by molar-refractivity contribution is 6.09. The minimum absolute atomic E-state index is 0.0467. The zero-order chi connectivity index (χ0) is 12.8. The first kappa shape index (κ1) is 13.6. The Morgan fingerprint density at radius 1 is 1.12 bits per heavy atom. The van der Waals surface area contributed by atoms with Gasteiger partial charge in [-0.15, -0.1) is 0 Å². The third-order valence-electron chi connectivity index (χ3n) is 2.77. The standard InChI is InChI=1S/C15H20O2/c1-4-5-10-14(16)12-8-6-7-9-13(12)15(17)11(2)3/h6-9,11H,4-5,10H2,1-3H3. The summed E-state index contributed by atoms with van der Waals surface area (Å²) in [6, 6.07) is 7.14. The zero-order valence-corrected chi connectivity index (χ0v) is 10.8. The fourth-order valence-electron chi connectivity index (χ4n) is 1.72. The van der Waals surface area contributed by atoms with Crippen molar-refractivity contribution >= 4 is 11.6 Å². The molecule has 0 unspecified atom stereocenters. The van der Waals surface area contributed by atoms with E-state index in [1.54, 1.807) is 12.1 Å². The Morgan fingerprint density at radius 2 is 1.71 bits per heavy atom. The molecule has 0 saturated carbocycles. The maximum absolute atomic E-state index is 12.0. The number of unbranched alkanes of at least 4 members (excludes halogenated alkanes) is 1. The van der Waals surface area contributed by atoms with Crippen LogP contribution in [-0.2, 0) is 0 Å². The molecular weight excluding hydrogens is 212 g/mol. The Bertz CT molecular complexity index is 405. The lowest BCUT2D eigenvalue weighted by molar-refractivity contribution is 0.0920. The molecule has 1 aromatic rings. The first-order valence-electron chi connectivity index (χ1n) is 6.24. The Hall–Kier alpha value is -1.44. The summed E-state index contributed by atoms with van der Waals surface area (Å²) in [4.78, 5) is 24.0. The highest BCUT2D eigenvalue weighted by Crippen LogP contribution is 2.16. The number of Topliss-reactive ketones (excluding diaryl/α,β-unsaturated/α-hetero) is 2. The first-order chi connectivity index (χ1) is 8.07. The lowest BCUT2D eigenvalue weighted by Gasteiger charge is -2.09. The van der Waals surface area contributed by atoms with E-state index in [-0.39, 0.29) is 17.5 Å². The van der Waals surface area contributed by atoms with Crippen LogP contribution < -0.4 is 0 Å². The van der Waals surface area contributed by atoms with Crippen LogP contribution in [-0.4, -0.2) is 11.6 Å². The van der Waals surface area contributed by atoms with Crippen LogP contribution in [0.4, 0.5) is 0 Å². The van der Waals surface area contributed by atoms with Crippen molar-refractivity contribution in [2.45, 2.75) is 40.0 Å². The van der Waals surface area contributed by atoms with Gasteiger partial charge in [-0.1, -0.05) is 51.5 Å². The second kappa shape index (κ2) is 6.33. The molecule has 0 fully saturated rings. The molecule has 0 aliphatic carbocycles. The maximum atomic E-state index is 12.0. The molecule has 0 radical (unpaired) electrons. The van der Waals surface area contributed by atoms with Crippen molar-refractivity contribution in [1.82, 2.24) is 0 Å². The van der Waals surface area contributed by atoms with E-state index in [1.165, 1.54) is 0 Å². The van der Waals surface area contributed by atoms with Gasteiger partial charge in [-0.3, -0.25) is 9.59 Å². The fourth-order valence-corrected chi connectivity index (χ4v) is 1.72. The number of hydrogen-bond acceptors (Lipinski definition) is 2. The molecule has 0 atom stereocenters. The average Bonchev–Trinajstić information content (AvgIpc) is 2.34. The molecule has 0 spiro atoms. The van der Waals surface area contributed by atoms with Crippen LogP contribution in [0.3, 0.4) is 0 Å². The monoisotopic (exact) mass is 232 g/mol. The summed E-state index contributed by atoms with van der Waals surface area (Å²) in [5.74, 6) is 0.0528. The van der Waals surface area contributed by atoms with Crippen LogP contribution >= 0.6 is 0 Å². The van der Waals surface area contributed by atoms with E-state index in [1.807, 2.05) is 26.0 Å². The van der Waals surface area contributed by atoms with Crippen molar-refractivity contribution in [2.75, 3.05) is 0 Å². The van der Waals surface area contributed by atoms with E-state index in [2.05, 4.69) is 6.92 Å². The van der Waals surface area contributed by atoms with Gasteiger partial charge in [0.2, 0.25) is 0 Å². The molecule has 0 amide bonds. The van der Waals surface area contributed by atoms with Crippen molar-refractivity contribution in [2.24, 2.45) is 5.92 Å². The molecule has 0 saturated heterocycles. The summed E-state index contributed by atoms with van der Waals surface area (Å²) < 4.78 is 0. The predicted molar refractivity (Wildman–Crippen MR) is 69.5 cm³/mol. The Balaban J connectivity index is 2.99. The van der Waals surface area contributed by atoms with Crippen molar-refractivity contribution in [3.63, 3.8) is 0 Å². The van der Waals surface area contributed by atoms with Gasteiger partial charge in [0.05, 0.1) is 0 Å². The van der Waals surface area contributed by atoms with E-state index in [0.29, 0.717) is 17.5 Å². The van der Waals surface area contributed by atoms with E-state index >= 15 is 0 Å². The summed E-state index contributed by atoms with van der Waals surface area (Å²) in [5.41, 5.74) is 1.16. The molecule has 0 aromatic heterocycles. The van der Waals surface area contributed by atoms with Crippen molar-refractivity contribution in [1.29, 1.82) is 0 Å². The number of benzene rings is 1. The SMILES string of the molecule is CCCCC(=O)c1ccccc1C(=O)C(C)C. The minimum atomic E-state index is -0.0740. The lowest BCUT2D eigenvalue weighted by Crippen LogP contribution is -2.13. The number of hydrogen-bond donors (Lipinski definition) is 0. The minimum Gasteiger partial charge on any atom is -0.294 e. The van der Waals surface area contributed by atoms with Gasteiger partial charge in [0.1, 0.15) is 0 Å². The number of ketones is 2. The largest absolute Gasteiger partial charge is 0.294 e. The second-order valence-corrected chi connectivity index (χ2v) is 4.59. The average molecular weight is 232 g/mol. The van der Waals surface area contributed by atoms with Gasteiger partial charge >= 0.3 is 0 Å². The summed E-state index contributed by atoms with van der Waals surface area (Å²) in [6.07, 6.45) is 2.40. The van der Waals surface area contributed by atoms with Gasteiger partial charge in [-0.25, -0.2) is 0 Å². The van der Waals surface area contributed by atoms with Crippen LogP contribution in [0.25, 0.3) is 0 Å². The Labute approximate surface area is 103 Å². The molecule has 2 heteroatoms. The normalized spacial score (nSPS) is 10.6. The molecule has 0 N–H and O–H groups in total. The van der Waals surface area contributed by atoms with E-state index in [4.69, 9.17) is 0 Å². The first-order valence-corrected chi connectivity index (χ1v) is 6.24. The number of carbonyl (C=O) groups excluding carboxylic acids is 2. The second-order valence-electron chi connectivity index (χ2n) is 4.59. The molecule has 92 valence electrons. The Kier molecular flexibility index (Phi) is 5.08. The van der Waals surface area contributed by atoms with E-state index < -0.39 is 0 Å². The third-order valence-corrected chi connectivity index (χ3v) is 2.77. The van der Waals surface area contributed by atoms with E-state index in [9.17, 15) is 9.59 Å². The Morgan fingerprint density at radius 3 is 2.24 bits per heavy atom. The smallest absolute Gasteiger partial charge is 0.166 e. The number of rotatable bonds is 6. The number of carbonyl (C=O) groups is 2. The van der Waals surface area contributed by atoms with Crippen LogP contribution in [0, 0.1) is 5.92 Å².